The summed E-state index contributed by atoms with van der Waals surface area (Å²) in [5, 5.41) is 10.6. The molecule has 0 saturated carbocycles. The summed E-state index contributed by atoms with van der Waals surface area (Å²) in [6, 6.07) is 0. The molecule has 0 heterocycles. The number of aliphatic hydroxyl groups excluding tert-OH is 1. The maximum atomic E-state index is 13.1. The van der Waals surface area contributed by atoms with Crippen molar-refractivity contribution in [1.29, 1.82) is 0 Å². The second-order valence-corrected chi connectivity index (χ2v) is 29.5. The number of unbranched alkanes of at least 4 members (excludes halogenated alkanes) is 31. The minimum atomic E-state index is -4.99. The van der Waals surface area contributed by atoms with Crippen LogP contribution in [-0.4, -0.2) is 96.7 Å². The summed E-state index contributed by atoms with van der Waals surface area (Å²) >= 11 is 0. The zero-order valence-electron chi connectivity index (χ0n) is 64.3. The van der Waals surface area contributed by atoms with Crippen LogP contribution in [0.1, 0.15) is 336 Å². The van der Waals surface area contributed by atoms with Gasteiger partial charge in [-0.25, -0.2) is 9.13 Å². The number of rotatable bonds is 75. The van der Waals surface area contributed by atoms with E-state index in [1.807, 2.05) is 12.2 Å². The van der Waals surface area contributed by atoms with E-state index in [1.165, 1.54) is 89.9 Å². The minimum Gasteiger partial charge on any atom is -0.462 e. The van der Waals surface area contributed by atoms with Gasteiger partial charge in [0.05, 0.1) is 26.4 Å². The van der Waals surface area contributed by atoms with Gasteiger partial charge >= 0.3 is 39.5 Å². The van der Waals surface area contributed by atoms with Gasteiger partial charge in [-0.05, 0) is 122 Å². The first-order chi connectivity index (χ1) is 49.7. The van der Waals surface area contributed by atoms with E-state index in [9.17, 15) is 43.2 Å². The van der Waals surface area contributed by atoms with E-state index in [-0.39, 0.29) is 25.7 Å². The number of phosphoric acid groups is 2. The van der Waals surface area contributed by atoms with E-state index in [0.29, 0.717) is 32.1 Å². The monoisotopic (exact) mass is 1470 g/mol. The molecule has 0 aliphatic carbocycles. The summed E-state index contributed by atoms with van der Waals surface area (Å²) < 4.78 is 68.6. The molecule has 0 aromatic rings. The normalized spacial score (nSPS) is 14.5. The van der Waals surface area contributed by atoms with Gasteiger partial charge in [0.1, 0.15) is 19.3 Å². The van der Waals surface area contributed by atoms with E-state index < -0.39 is 97.5 Å². The first kappa shape index (κ1) is 97.7. The number of hydrogen-bond donors (Lipinski definition) is 3. The van der Waals surface area contributed by atoms with Gasteiger partial charge in [-0.3, -0.25) is 37.3 Å². The number of hydrogen-bond acceptors (Lipinski definition) is 15. The highest BCUT2D eigenvalue weighted by Crippen LogP contribution is 2.45. The molecule has 0 aliphatic heterocycles. The van der Waals surface area contributed by atoms with E-state index in [2.05, 4.69) is 125 Å². The Balaban J connectivity index is 5.39. The topological polar surface area (TPSA) is 237 Å². The molecule has 0 saturated heterocycles. The van der Waals surface area contributed by atoms with Crippen LogP contribution in [0, 0.1) is 0 Å². The summed E-state index contributed by atoms with van der Waals surface area (Å²) in [6.45, 7) is 4.60. The highest BCUT2D eigenvalue weighted by molar-refractivity contribution is 7.47. The molecule has 19 heteroatoms. The highest BCUT2D eigenvalue weighted by Gasteiger charge is 2.30. The van der Waals surface area contributed by atoms with Crippen LogP contribution in [0.5, 0.6) is 0 Å². The van der Waals surface area contributed by atoms with Crippen LogP contribution in [0.25, 0.3) is 0 Å². The van der Waals surface area contributed by atoms with Gasteiger partial charge in [0.2, 0.25) is 0 Å². The summed E-state index contributed by atoms with van der Waals surface area (Å²) in [5.41, 5.74) is 0. The first-order valence-electron chi connectivity index (χ1n) is 40.1. The second-order valence-electron chi connectivity index (χ2n) is 26.6. The molecule has 3 N–H and O–H groups in total. The van der Waals surface area contributed by atoms with Crippen LogP contribution >= 0.6 is 15.6 Å². The van der Waals surface area contributed by atoms with Crippen molar-refractivity contribution in [2.75, 3.05) is 39.6 Å². The number of esters is 4. The van der Waals surface area contributed by atoms with Gasteiger partial charge in [-0.15, -0.1) is 0 Å². The fourth-order valence-electron chi connectivity index (χ4n) is 10.7. The SMILES string of the molecule is CC/C=C\C/C=C\C/C=C\C/C=C\C/C=C\CCCC(=O)OCC(COP(=O)(O)OCC(O)COP(=O)(O)OCC(COC(=O)CCCCCCCCC/C=C\C/C=C\C/C=C\CC)OC(=O)CCCCCCCCCCCCCCC)OC(=O)CCCCCCC/C=C\CCCCCCCC. The maximum Gasteiger partial charge on any atom is 0.472 e. The van der Waals surface area contributed by atoms with E-state index in [4.69, 9.17) is 37.0 Å². The second kappa shape index (κ2) is 75.0. The van der Waals surface area contributed by atoms with E-state index in [0.717, 1.165) is 161 Å². The molecule has 0 spiro atoms. The van der Waals surface area contributed by atoms with Crippen molar-refractivity contribution in [3.8, 4) is 0 Å². The average molecular weight is 1480 g/mol. The Labute approximate surface area is 619 Å². The van der Waals surface area contributed by atoms with Gasteiger partial charge in [0.25, 0.3) is 0 Å². The predicted molar refractivity (Wildman–Crippen MR) is 418 cm³/mol. The highest BCUT2D eigenvalue weighted by atomic mass is 31.2. The fourth-order valence-corrected chi connectivity index (χ4v) is 12.3. The zero-order valence-corrected chi connectivity index (χ0v) is 66.0. The van der Waals surface area contributed by atoms with Crippen molar-refractivity contribution >= 4 is 39.5 Å². The lowest BCUT2D eigenvalue weighted by molar-refractivity contribution is -0.161. The Morgan fingerprint density at radius 2 is 0.520 bits per heavy atom. The fraction of sp³-hybridized carbons (Fsp3) is 0.735. The standard InChI is InChI=1S/C83H144O17P2/c1-5-9-13-17-21-25-29-33-36-38-41-44-47-51-55-59-63-67-80(85)93-73-78(99-82(87)69-65-61-57-53-49-43-32-28-24-20-16-12-8-4)75-97-101(89,90)95-71-77(84)72-96-102(91,92)98-76-79(100-83(88)70-66-62-58-54-50-46-40-35-31-27-23-19-15-11-7-3)74-94-81(86)68-64-60-56-52-48-45-42-39-37-34-30-26-22-18-14-10-6-2/h9-10,13-14,21-22,25-26,33-37,40,42,45,52,56,77-79,84H,5-8,11-12,15-20,23-24,27-32,38-39,41,43-44,46-51,53-55,57-76H2,1-4H3,(H,89,90)(H,91,92)/b13-9-,14-10-,25-21-,26-22-,36-33-,37-34-,40-35-,45-42-,56-52-. The van der Waals surface area contributed by atoms with Crippen LogP contribution in [0.4, 0.5) is 0 Å². The number of phosphoric ester groups is 2. The molecule has 5 atom stereocenters. The number of carbonyl (C=O) groups excluding carboxylic acids is 4. The molecular weight excluding hydrogens is 1330 g/mol. The number of aliphatic hydroxyl groups is 1. The van der Waals surface area contributed by atoms with Crippen LogP contribution < -0.4 is 0 Å². The molecule has 588 valence electrons. The van der Waals surface area contributed by atoms with Crippen molar-refractivity contribution in [1.82, 2.24) is 0 Å². The third-order valence-electron chi connectivity index (χ3n) is 16.7. The molecule has 0 aromatic heterocycles. The smallest absolute Gasteiger partial charge is 0.462 e. The molecule has 0 bridgehead atoms. The molecular formula is C83H144O17P2. The lowest BCUT2D eigenvalue weighted by Gasteiger charge is -2.21. The third kappa shape index (κ3) is 74.0. The molecule has 0 fully saturated rings. The lowest BCUT2D eigenvalue weighted by atomic mass is 10.0. The number of ether oxygens (including phenoxy) is 4. The number of allylic oxidation sites excluding steroid dienone is 18. The Morgan fingerprint density at radius 1 is 0.284 bits per heavy atom. The van der Waals surface area contributed by atoms with Gasteiger partial charge in [-0.1, -0.05) is 298 Å². The summed E-state index contributed by atoms with van der Waals surface area (Å²) in [6.07, 6.45) is 80.7. The quantitative estimate of drug-likeness (QED) is 0.0169. The minimum absolute atomic E-state index is 0.0727. The number of carbonyl (C=O) groups is 4. The molecule has 0 aliphatic rings. The summed E-state index contributed by atoms with van der Waals surface area (Å²) in [7, 11) is -9.97. The first-order valence-corrected chi connectivity index (χ1v) is 43.1. The molecule has 17 nitrogen and oxygen atoms in total. The molecule has 0 amide bonds. The zero-order chi connectivity index (χ0) is 74.6. The Kier molecular flexibility index (Phi) is 71.8. The third-order valence-corrected chi connectivity index (χ3v) is 18.6. The van der Waals surface area contributed by atoms with Crippen LogP contribution in [0.2, 0.25) is 0 Å². The molecule has 102 heavy (non-hydrogen) atoms. The van der Waals surface area contributed by atoms with Gasteiger partial charge in [-0.2, -0.15) is 0 Å². The van der Waals surface area contributed by atoms with E-state index >= 15 is 0 Å². The lowest BCUT2D eigenvalue weighted by Crippen LogP contribution is -2.30. The predicted octanol–water partition coefficient (Wildman–Crippen LogP) is 23.3. The molecule has 0 radical (unpaired) electrons. The molecule has 0 aromatic carbocycles. The summed E-state index contributed by atoms with van der Waals surface area (Å²) in [5.74, 6) is -2.25. The largest absolute Gasteiger partial charge is 0.472 e. The average Bonchev–Trinajstić information content (AvgIpc) is 0.939. The van der Waals surface area contributed by atoms with Crippen LogP contribution in [-0.2, 0) is 65.4 Å². The van der Waals surface area contributed by atoms with Crippen molar-refractivity contribution in [2.45, 2.75) is 354 Å². The van der Waals surface area contributed by atoms with Crippen molar-refractivity contribution in [2.24, 2.45) is 0 Å². The van der Waals surface area contributed by atoms with Gasteiger partial charge in [0.15, 0.2) is 12.2 Å². The Morgan fingerprint density at radius 3 is 0.833 bits per heavy atom. The van der Waals surface area contributed by atoms with Crippen molar-refractivity contribution < 1.29 is 80.2 Å². The van der Waals surface area contributed by atoms with Gasteiger partial charge < -0.3 is 33.8 Å². The Hall–Kier alpha value is -4.28. The van der Waals surface area contributed by atoms with Gasteiger partial charge in [0, 0.05) is 25.7 Å². The van der Waals surface area contributed by atoms with Crippen molar-refractivity contribution in [3.63, 3.8) is 0 Å². The summed E-state index contributed by atoms with van der Waals surface area (Å²) in [4.78, 5) is 73.0. The van der Waals surface area contributed by atoms with E-state index in [1.54, 1.807) is 0 Å². The van der Waals surface area contributed by atoms with Crippen LogP contribution in [0.3, 0.4) is 0 Å². The van der Waals surface area contributed by atoms with Crippen LogP contribution in [0.15, 0.2) is 109 Å². The Bertz CT molecular complexity index is 2360. The molecule has 0 rings (SSSR count). The molecule has 5 unspecified atom stereocenters. The maximum absolute atomic E-state index is 13.1. The van der Waals surface area contributed by atoms with Crippen molar-refractivity contribution in [3.05, 3.63) is 109 Å².